The molecule has 1 unspecified atom stereocenters. The van der Waals surface area contributed by atoms with Gasteiger partial charge in [-0.15, -0.1) is 0 Å². The minimum absolute atomic E-state index is 0.0443. The van der Waals surface area contributed by atoms with Gasteiger partial charge in [0.25, 0.3) is 0 Å². The zero-order chi connectivity index (χ0) is 13.2. The van der Waals surface area contributed by atoms with Crippen LogP contribution in [0.5, 0.6) is 0 Å². The second-order valence-electron chi connectivity index (χ2n) is 5.56. The van der Waals surface area contributed by atoms with Gasteiger partial charge in [0.1, 0.15) is 0 Å². The Bertz CT molecular complexity index is 479. The van der Waals surface area contributed by atoms with E-state index in [0.29, 0.717) is 12.3 Å². The van der Waals surface area contributed by atoms with Crippen LogP contribution in [-0.4, -0.2) is 23.4 Å². The molecule has 1 heterocycles. The molecule has 3 nitrogen and oxygen atoms in total. The maximum Gasteiger partial charge on any atom is 0.240 e. The standard InChI is InChI=1S/C16H20N2O/c17-14-7-4-8-15(13-5-2-1-3-6-13)18(16(14)19)11-12-9-10-12/h1-6,8,12,14-15H,7,9-11,17H2/t14?,15-/m0/s1. The molecule has 2 aliphatic rings. The van der Waals surface area contributed by atoms with Crippen LogP contribution in [0.1, 0.15) is 30.9 Å². The number of hydrogen-bond acceptors (Lipinski definition) is 2. The molecular weight excluding hydrogens is 236 g/mol. The van der Waals surface area contributed by atoms with Gasteiger partial charge in [-0.05, 0) is 30.7 Å². The van der Waals surface area contributed by atoms with Crippen molar-refractivity contribution in [3.8, 4) is 0 Å². The summed E-state index contributed by atoms with van der Waals surface area (Å²) in [6, 6.07) is 9.87. The summed E-state index contributed by atoms with van der Waals surface area (Å²) < 4.78 is 0. The van der Waals surface area contributed by atoms with E-state index in [1.54, 1.807) is 0 Å². The van der Waals surface area contributed by atoms with Crippen LogP contribution in [0.15, 0.2) is 42.5 Å². The van der Waals surface area contributed by atoms with Crippen LogP contribution in [0.25, 0.3) is 0 Å². The van der Waals surface area contributed by atoms with Crippen LogP contribution in [0.3, 0.4) is 0 Å². The lowest BCUT2D eigenvalue weighted by molar-refractivity contribution is -0.134. The fourth-order valence-corrected chi connectivity index (χ4v) is 2.63. The highest BCUT2D eigenvalue weighted by molar-refractivity contribution is 5.83. The summed E-state index contributed by atoms with van der Waals surface area (Å²) in [4.78, 5) is 14.4. The summed E-state index contributed by atoms with van der Waals surface area (Å²) in [5.74, 6) is 0.764. The third-order valence-electron chi connectivity index (χ3n) is 3.94. The lowest BCUT2D eigenvalue weighted by Crippen LogP contribution is -2.44. The number of rotatable bonds is 3. The minimum atomic E-state index is -0.385. The zero-order valence-electron chi connectivity index (χ0n) is 11.0. The molecule has 0 radical (unpaired) electrons. The second-order valence-corrected chi connectivity index (χ2v) is 5.56. The highest BCUT2D eigenvalue weighted by Gasteiger charge is 2.34. The van der Waals surface area contributed by atoms with Gasteiger partial charge in [0, 0.05) is 6.54 Å². The number of benzene rings is 1. The first kappa shape index (κ1) is 12.4. The molecule has 1 aromatic carbocycles. The van der Waals surface area contributed by atoms with Crippen molar-refractivity contribution >= 4 is 5.91 Å². The minimum Gasteiger partial charge on any atom is -0.331 e. The lowest BCUT2D eigenvalue weighted by atomic mass is 10.0. The molecule has 0 spiro atoms. The van der Waals surface area contributed by atoms with Crippen molar-refractivity contribution in [2.75, 3.05) is 6.54 Å². The number of nitrogens with zero attached hydrogens (tertiary/aromatic N) is 1. The van der Waals surface area contributed by atoms with Gasteiger partial charge < -0.3 is 10.6 Å². The Morgan fingerprint density at radius 2 is 1.95 bits per heavy atom. The van der Waals surface area contributed by atoms with Crippen LogP contribution in [0.2, 0.25) is 0 Å². The Morgan fingerprint density at radius 3 is 2.63 bits per heavy atom. The first-order valence-electron chi connectivity index (χ1n) is 7.03. The Labute approximate surface area is 114 Å². The molecule has 0 saturated heterocycles. The average molecular weight is 256 g/mol. The summed E-state index contributed by atoms with van der Waals surface area (Å²) >= 11 is 0. The Kier molecular flexibility index (Phi) is 3.38. The molecule has 1 amide bonds. The maximum absolute atomic E-state index is 12.5. The molecule has 1 aliphatic heterocycles. The molecule has 3 heteroatoms. The molecule has 1 aromatic rings. The molecule has 2 atom stereocenters. The van der Waals surface area contributed by atoms with Crippen molar-refractivity contribution < 1.29 is 4.79 Å². The van der Waals surface area contributed by atoms with Gasteiger partial charge >= 0.3 is 0 Å². The van der Waals surface area contributed by atoms with Gasteiger partial charge in [0.15, 0.2) is 0 Å². The molecule has 1 aliphatic carbocycles. The Balaban J connectivity index is 1.90. The normalized spacial score (nSPS) is 27.4. The molecule has 19 heavy (non-hydrogen) atoms. The van der Waals surface area contributed by atoms with E-state index in [0.717, 1.165) is 6.54 Å². The summed E-state index contributed by atoms with van der Waals surface area (Å²) in [5.41, 5.74) is 7.13. The van der Waals surface area contributed by atoms with Crippen LogP contribution in [0, 0.1) is 5.92 Å². The van der Waals surface area contributed by atoms with E-state index in [9.17, 15) is 4.79 Å². The molecule has 1 fully saturated rings. The summed E-state index contributed by atoms with van der Waals surface area (Å²) in [6.07, 6.45) is 7.30. The number of carbonyl (C=O) groups excluding carboxylic acids is 1. The predicted molar refractivity (Wildman–Crippen MR) is 75.4 cm³/mol. The van der Waals surface area contributed by atoms with Gasteiger partial charge in [0.2, 0.25) is 5.91 Å². The molecule has 0 aromatic heterocycles. The van der Waals surface area contributed by atoms with Crippen LogP contribution in [-0.2, 0) is 4.79 Å². The first-order chi connectivity index (χ1) is 9.25. The topological polar surface area (TPSA) is 46.3 Å². The van der Waals surface area contributed by atoms with E-state index in [2.05, 4.69) is 18.2 Å². The molecular formula is C16H20N2O. The third kappa shape index (κ3) is 2.71. The Morgan fingerprint density at radius 1 is 1.21 bits per heavy atom. The number of amides is 1. The van der Waals surface area contributed by atoms with Crippen LogP contribution in [0.4, 0.5) is 0 Å². The van der Waals surface area contributed by atoms with Crippen LogP contribution < -0.4 is 5.73 Å². The van der Waals surface area contributed by atoms with E-state index in [4.69, 9.17) is 5.73 Å². The third-order valence-corrected chi connectivity index (χ3v) is 3.94. The lowest BCUT2D eigenvalue weighted by Gasteiger charge is -2.30. The number of hydrogen-bond donors (Lipinski definition) is 1. The van der Waals surface area contributed by atoms with Crippen LogP contribution >= 0.6 is 0 Å². The average Bonchev–Trinajstić information content (AvgIpc) is 3.26. The van der Waals surface area contributed by atoms with Gasteiger partial charge in [-0.25, -0.2) is 0 Å². The summed E-state index contributed by atoms with van der Waals surface area (Å²) in [5, 5.41) is 0. The fourth-order valence-electron chi connectivity index (χ4n) is 2.63. The summed E-state index contributed by atoms with van der Waals surface area (Å²) in [7, 11) is 0. The molecule has 0 bridgehead atoms. The van der Waals surface area contributed by atoms with Crippen molar-refractivity contribution in [1.29, 1.82) is 0 Å². The highest BCUT2D eigenvalue weighted by Crippen LogP contribution is 2.34. The largest absolute Gasteiger partial charge is 0.331 e. The van der Waals surface area contributed by atoms with E-state index in [-0.39, 0.29) is 18.0 Å². The van der Waals surface area contributed by atoms with Crippen molar-refractivity contribution in [1.82, 2.24) is 4.90 Å². The van der Waals surface area contributed by atoms with Gasteiger partial charge in [-0.3, -0.25) is 4.79 Å². The zero-order valence-corrected chi connectivity index (χ0v) is 11.0. The molecule has 3 rings (SSSR count). The van der Waals surface area contributed by atoms with E-state index in [1.807, 2.05) is 29.2 Å². The smallest absolute Gasteiger partial charge is 0.240 e. The van der Waals surface area contributed by atoms with Crippen molar-refractivity contribution in [2.24, 2.45) is 11.7 Å². The van der Waals surface area contributed by atoms with E-state index in [1.165, 1.54) is 18.4 Å². The molecule has 2 N–H and O–H groups in total. The number of carbonyl (C=O) groups is 1. The van der Waals surface area contributed by atoms with E-state index >= 15 is 0 Å². The quantitative estimate of drug-likeness (QED) is 0.843. The van der Waals surface area contributed by atoms with E-state index < -0.39 is 0 Å². The summed E-state index contributed by atoms with van der Waals surface area (Å²) in [6.45, 7) is 0.844. The number of nitrogens with two attached hydrogens (primary N) is 1. The first-order valence-corrected chi connectivity index (χ1v) is 7.03. The van der Waals surface area contributed by atoms with Crippen molar-refractivity contribution in [3.63, 3.8) is 0 Å². The fraction of sp³-hybridized carbons (Fsp3) is 0.438. The van der Waals surface area contributed by atoms with Gasteiger partial charge in [-0.1, -0.05) is 42.5 Å². The van der Waals surface area contributed by atoms with Crippen molar-refractivity contribution in [3.05, 3.63) is 48.0 Å². The molecule has 1 saturated carbocycles. The highest BCUT2D eigenvalue weighted by atomic mass is 16.2. The second kappa shape index (κ2) is 5.17. The van der Waals surface area contributed by atoms with Gasteiger partial charge in [-0.2, -0.15) is 0 Å². The molecule has 100 valence electrons. The van der Waals surface area contributed by atoms with Crippen molar-refractivity contribution in [2.45, 2.75) is 31.3 Å². The maximum atomic E-state index is 12.5. The SMILES string of the molecule is NC1CC=C[C@@H](c2ccccc2)N(CC2CC2)C1=O. The monoisotopic (exact) mass is 256 g/mol. The Hall–Kier alpha value is -1.61. The predicted octanol–water partition coefficient (Wildman–Crippen LogP) is 2.25. The van der Waals surface area contributed by atoms with Gasteiger partial charge in [0.05, 0.1) is 12.1 Å².